The zero-order valence-electron chi connectivity index (χ0n) is 21.6. The molecule has 1 N–H and O–H groups in total. The van der Waals surface area contributed by atoms with Crippen LogP contribution in [0.4, 0.5) is 5.69 Å². The Morgan fingerprint density at radius 3 is 2.21 bits per heavy atom. The molecule has 0 aliphatic carbocycles. The lowest BCUT2D eigenvalue weighted by Crippen LogP contribution is -2.51. The molecule has 0 aliphatic heterocycles. The molecule has 0 fully saturated rings. The summed E-state index contributed by atoms with van der Waals surface area (Å²) in [6, 6.07) is 18.1. The minimum absolute atomic E-state index is 0.00141. The highest BCUT2D eigenvalue weighted by atomic mass is 35.5. The maximum Gasteiger partial charge on any atom is 0.264 e. The highest BCUT2D eigenvalue weighted by Crippen LogP contribution is 2.31. The van der Waals surface area contributed by atoms with E-state index in [2.05, 4.69) is 5.32 Å². The van der Waals surface area contributed by atoms with E-state index >= 15 is 0 Å². The second-order valence-electron chi connectivity index (χ2n) is 8.89. The molecule has 0 aromatic heterocycles. The highest BCUT2D eigenvalue weighted by molar-refractivity contribution is 7.92. The molecule has 3 rings (SSSR count). The number of hydrogen-bond donors (Lipinski definition) is 1. The average Bonchev–Trinajstić information content (AvgIpc) is 2.93. The van der Waals surface area contributed by atoms with E-state index in [0.29, 0.717) is 11.6 Å². The maximum absolute atomic E-state index is 13.9. The molecule has 0 bridgehead atoms. The van der Waals surface area contributed by atoms with Gasteiger partial charge in [0.1, 0.15) is 12.6 Å². The predicted molar refractivity (Wildman–Crippen MR) is 157 cm³/mol. The van der Waals surface area contributed by atoms with Crippen LogP contribution < -0.4 is 9.62 Å². The van der Waals surface area contributed by atoms with E-state index < -0.39 is 28.5 Å². The van der Waals surface area contributed by atoms with Crippen LogP contribution in [0.1, 0.15) is 32.3 Å². The van der Waals surface area contributed by atoms with Crippen LogP contribution in [0.2, 0.25) is 15.1 Å². The molecule has 0 heterocycles. The first-order chi connectivity index (χ1) is 18.5. The van der Waals surface area contributed by atoms with Gasteiger partial charge in [0.15, 0.2) is 0 Å². The Morgan fingerprint density at radius 2 is 1.59 bits per heavy atom. The molecule has 0 saturated carbocycles. The molecule has 0 saturated heterocycles. The van der Waals surface area contributed by atoms with Gasteiger partial charge in [0.2, 0.25) is 11.8 Å². The van der Waals surface area contributed by atoms with Crippen molar-refractivity contribution in [2.75, 3.05) is 17.4 Å². The first kappa shape index (κ1) is 30.8. The molecule has 2 amide bonds. The largest absolute Gasteiger partial charge is 0.354 e. The van der Waals surface area contributed by atoms with Crippen molar-refractivity contribution in [3.63, 3.8) is 0 Å². The first-order valence-corrected chi connectivity index (χ1v) is 15.0. The van der Waals surface area contributed by atoms with Crippen molar-refractivity contribution >= 4 is 62.3 Å². The Hall–Kier alpha value is -2.78. The lowest BCUT2D eigenvalue weighted by atomic mass is 10.1. The minimum Gasteiger partial charge on any atom is -0.354 e. The van der Waals surface area contributed by atoms with Crippen molar-refractivity contribution in [2.24, 2.45) is 0 Å². The standard InChI is InChI=1S/C28H30Cl3N3O4S/c1-3-4-16-32-28(36)20(2)33(18-21-10-12-22(29)13-11-21)27(35)19-34(23-14-15-25(30)26(31)17-23)39(37,38)24-8-6-5-7-9-24/h5-15,17,20H,3-4,16,18-19H2,1-2H3,(H,32,36). The van der Waals surface area contributed by atoms with Crippen molar-refractivity contribution in [1.29, 1.82) is 0 Å². The van der Waals surface area contributed by atoms with Crippen molar-refractivity contribution in [3.05, 3.63) is 93.4 Å². The quantitative estimate of drug-likeness (QED) is 0.248. The van der Waals surface area contributed by atoms with E-state index in [1.807, 2.05) is 6.92 Å². The Balaban J connectivity index is 2.00. The van der Waals surface area contributed by atoms with Crippen molar-refractivity contribution in [3.8, 4) is 0 Å². The van der Waals surface area contributed by atoms with Gasteiger partial charge in [-0.1, -0.05) is 78.5 Å². The van der Waals surface area contributed by atoms with E-state index in [1.165, 1.54) is 35.2 Å². The topological polar surface area (TPSA) is 86.8 Å². The Bertz CT molecular complexity index is 1390. The minimum atomic E-state index is -4.19. The van der Waals surface area contributed by atoms with Gasteiger partial charge in [-0.15, -0.1) is 0 Å². The molecular formula is C28H30Cl3N3O4S. The molecule has 0 spiro atoms. The third kappa shape index (κ3) is 8.11. The fourth-order valence-corrected chi connectivity index (χ4v) is 5.64. The van der Waals surface area contributed by atoms with Gasteiger partial charge in [-0.3, -0.25) is 13.9 Å². The zero-order chi connectivity index (χ0) is 28.6. The van der Waals surface area contributed by atoms with Crippen LogP contribution in [-0.4, -0.2) is 44.3 Å². The van der Waals surface area contributed by atoms with Crippen LogP contribution in [0.5, 0.6) is 0 Å². The van der Waals surface area contributed by atoms with Crippen LogP contribution in [0.15, 0.2) is 77.7 Å². The summed E-state index contributed by atoms with van der Waals surface area (Å²) in [4.78, 5) is 28.2. The van der Waals surface area contributed by atoms with Gasteiger partial charge in [-0.05, 0) is 61.4 Å². The summed E-state index contributed by atoms with van der Waals surface area (Å²) < 4.78 is 28.5. The summed E-state index contributed by atoms with van der Waals surface area (Å²) in [6.07, 6.45) is 1.70. The van der Waals surface area contributed by atoms with Crippen LogP contribution >= 0.6 is 34.8 Å². The van der Waals surface area contributed by atoms with Crippen molar-refractivity contribution < 1.29 is 18.0 Å². The summed E-state index contributed by atoms with van der Waals surface area (Å²) >= 11 is 18.3. The van der Waals surface area contributed by atoms with Crippen molar-refractivity contribution in [2.45, 2.75) is 44.2 Å². The number of unbranched alkanes of at least 4 members (excludes halogenated alkanes) is 1. The number of carbonyl (C=O) groups is 2. The molecule has 0 aliphatic rings. The summed E-state index contributed by atoms with van der Waals surface area (Å²) in [7, 11) is -4.19. The molecule has 0 radical (unpaired) electrons. The van der Waals surface area contributed by atoms with Crippen LogP contribution in [0, 0.1) is 0 Å². The number of benzene rings is 3. The summed E-state index contributed by atoms with van der Waals surface area (Å²) in [5.74, 6) is -0.911. The van der Waals surface area contributed by atoms with Crippen LogP contribution in [0.3, 0.4) is 0 Å². The SMILES string of the molecule is CCCCNC(=O)C(C)N(Cc1ccc(Cl)cc1)C(=O)CN(c1ccc(Cl)c(Cl)c1)S(=O)(=O)c1ccccc1. The molecule has 1 atom stereocenters. The van der Waals surface area contributed by atoms with E-state index in [1.54, 1.807) is 49.4 Å². The summed E-state index contributed by atoms with van der Waals surface area (Å²) in [5, 5.41) is 3.76. The number of carbonyl (C=O) groups excluding carboxylic acids is 2. The monoisotopic (exact) mass is 609 g/mol. The molecule has 7 nitrogen and oxygen atoms in total. The van der Waals surface area contributed by atoms with Gasteiger partial charge in [0.25, 0.3) is 10.0 Å². The Morgan fingerprint density at radius 1 is 0.923 bits per heavy atom. The van der Waals surface area contributed by atoms with Gasteiger partial charge in [-0.2, -0.15) is 0 Å². The number of sulfonamides is 1. The number of anilines is 1. The second-order valence-corrected chi connectivity index (χ2v) is 12.0. The number of amides is 2. The lowest BCUT2D eigenvalue weighted by molar-refractivity contribution is -0.139. The average molecular weight is 611 g/mol. The Kier molecular flexibility index (Phi) is 11.1. The fraction of sp³-hybridized carbons (Fsp3) is 0.286. The molecule has 1 unspecified atom stereocenters. The molecule has 208 valence electrons. The smallest absolute Gasteiger partial charge is 0.264 e. The first-order valence-electron chi connectivity index (χ1n) is 12.4. The molecular weight excluding hydrogens is 581 g/mol. The van der Waals surface area contributed by atoms with E-state index in [0.717, 1.165) is 22.7 Å². The van der Waals surface area contributed by atoms with Gasteiger partial charge < -0.3 is 10.2 Å². The van der Waals surface area contributed by atoms with E-state index in [-0.39, 0.29) is 33.1 Å². The molecule has 11 heteroatoms. The second kappa shape index (κ2) is 14.0. The number of nitrogens with zero attached hydrogens (tertiary/aromatic N) is 2. The van der Waals surface area contributed by atoms with E-state index in [4.69, 9.17) is 34.8 Å². The number of nitrogens with one attached hydrogen (secondary N) is 1. The van der Waals surface area contributed by atoms with Gasteiger partial charge in [-0.25, -0.2) is 8.42 Å². The third-order valence-electron chi connectivity index (χ3n) is 6.06. The van der Waals surface area contributed by atoms with Crippen LogP contribution in [0.25, 0.3) is 0 Å². The fourth-order valence-electron chi connectivity index (χ4n) is 3.79. The molecule has 3 aromatic carbocycles. The van der Waals surface area contributed by atoms with E-state index in [9.17, 15) is 18.0 Å². The molecule has 3 aromatic rings. The van der Waals surface area contributed by atoms with Gasteiger partial charge in [0.05, 0.1) is 20.6 Å². The molecule has 39 heavy (non-hydrogen) atoms. The summed E-state index contributed by atoms with van der Waals surface area (Å²) in [5.41, 5.74) is 0.890. The Labute approximate surface area is 244 Å². The summed E-state index contributed by atoms with van der Waals surface area (Å²) in [6.45, 7) is 3.59. The number of rotatable bonds is 12. The van der Waals surface area contributed by atoms with Gasteiger partial charge >= 0.3 is 0 Å². The van der Waals surface area contributed by atoms with Crippen LogP contribution in [-0.2, 0) is 26.2 Å². The predicted octanol–water partition coefficient (Wildman–Crippen LogP) is 6.18. The highest BCUT2D eigenvalue weighted by Gasteiger charge is 2.32. The van der Waals surface area contributed by atoms with Crippen molar-refractivity contribution in [1.82, 2.24) is 10.2 Å². The normalized spacial score (nSPS) is 12.0. The third-order valence-corrected chi connectivity index (χ3v) is 8.84. The van der Waals surface area contributed by atoms with Gasteiger partial charge in [0, 0.05) is 18.1 Å². The number of halogens is 3. The lowest BCUT2D eigenvalue weighted by Gasteiger charge is -2.32. The maximum atomic E-state index is 13.9. The zero-order valence-corrected chi connectivity index (χ0v) is 24.7. The number of hydrogen-bond acceptors (Lipinski definition) is 4.